The molecule has 0 aliphatic carbocycles. The molecule has 0 bridgehead atoms. The van der Waals surface area contributed by atoms with Crippen molar-refractivity contribution in [3.63, 3.8) is 0 Å². The van der Waals surface area contributed by atoms with Crippen LogP contribution in [0.15, 0.2) is 23.2 Å². The maximum Gasteiger partial charge on any atom is 0.409 e. The van der Waals surface area contributed by atoms with Crippen LogP contribution >= 0.6 is 24.0 Å². The van der Waals surface area contributed by atoms with Crippen molar-refractivity contribution in [1.82, 2.24) is 15.5 Å². The van der Waals surface area contributed by atoms with E-state index < -0.39 is 0 Å². The first-order chi connectivity index (χ1) is 12.5. The molecule has 0 atom stereocenters. The van der Waals surface area contributed by atoms with Crippen molar-refractivity contribution in [3.8, 4) is 0 Å². The van der Waals surface area contributed by atoms with Crippen LogP contribution in [0.2, 0.25) is 0 Å². The van der Waals surface area contributed by atoms with Crippen molar-refractivity contribution >= 4 is 36.0 Å². The Bertz CT molecular complexity index is 608. The van der Waals surface area contributed by atoms with Gasteiger partial charge in [-0.05, 0) is 45.6 Å². The molecular formula is C20H33IN4O2. The Morgan fingerprint density at radius 3 is 2.41 bits per heavy atom. The van der Waals surface area contributed by atoms with E-state index in [1.807, 2.05) is 0 Å². The van der Waals surface area contributed by atoms with Crippen LogP contribution in [0.5, 0.6) is 0 Å². The lowest BCUT2D eigenvalue weighted by Crippen LogP contribution is -2.49. The molecule has 1 amide bonds. The van der Waals surface area contributed by atoms with Gasteiger partial charge in [0.15, 0.2) is 5.96 Å². The Labute approximate surface area is 180 Å². The highest BCUT2D eigenvalue weighted by atomic mass is 127. The second-order valence-electron chi connectivity index (χ2n) is 6.88. The van der Waals surface area contributed by atoms with Crippen LogP contribution in [0.4, 0.5) is 4.79 Å². The van der Waals surface area contributed by atoms with Gasteiger partial charge in [-0.15, -0.1) is 24.0 Å². The summed E-state index contributed by atoms with van der Waals surface area (Å²) in [6.45, 7) is 9.34. The highest BCUT2D eigenvalue weighted by Crippen LogP contribution is 2.12. The van der Waals surface area contributed by atoms with Crippen LogP contribution < -0.4 is 10.6 Å². The number of aryl methyl sites for hydroxylation is 2. The molecule has 7 heteroatoms. The third kappa shape index (κ3) is 7.94. The Morgan fingerprint density at radius 2 is 1.85 bits per heavy atom. The zero-order valence-corrected chi connectivity index (χ0v) is 19.2. The van der Waals surface area contributed by atoms with E-state index in [2.05, 4.69) is 49.6 Å². The molecule has 27 heavy (non-hydrogen) atoms. The van der Waals surface area contributed by atoms with Crippen LogP contribution in [0.1, 0.15) is 36.5 Å². The van der Waals surface area contributed by atoms with Crippen LogP contribution in [-0.2, 0) is 11.2 Å². The summed E-state index contributed by atoms with van der Waals surface area (Å²) in [6.07, 6.45) is 2.49. The maximum absolute atomic E-state index is 11.6. The number of likely N-dealkylation sites (tertiary alicyclic amines) is 1. The molecule has 0 unspecified atom stereocenters. The fourth-order valence-corrected chi connectivity index (χ4v) is 3.36. The molecule has 1 aromatic rings. The predicted molar refractivity (Wildman–Crippen MR) is 121 cm³/mol. The number of ether oxygens (including phenoxy) is 1. The number of nitrogens with zero attached hydrogens (tertiary/aromatic N) is 2. The van der Waals surface area contributed by atoms with Gasteiger partial charge in [0.05, 0.1) is 7.11 Å². The Hall–Kier alpha value is -1.51. The van der Waals surface area contributed by atoms with Crippen LogP contribution in [0.3, 0.4) is 0 Å². The number of carbonyl (C=O) groups is 1. The quantitative estimate of drug-likeness (QED) is 0.380. The molecule has 0 spiro atoms. The van der Waals surface area contributed by atoms with Crippen molar-refractivity contribution < 1.29 is 9.53 Å². The predicted octanol–water partition coefficient (Wildman–Crippen LogP) is 3.25. The largest absolute Gasteiger partial charge is 0.453 e. The monoisotopic (exact) mass is 488 g/mol. The minimum absolute atomic E-state index is 0. The molecular weight excluding hydrogens is 455 g/mol. The Kier molecular flexibility index (Phi) is 10.5. The molecule has 1 heterocycles. The molecule has 152 valence electrons. The van der Waals surface area contributed by atoms with Crippen LogP contribution in [0, 0.1) is 13.8 Å². The van der Waals surface area contributed by atoms with Crippen molar-refractivity contribution in [2.24, 2.45) is 4.99 Å². The number of carbonyl (C=O) groups excluding carboxylic acids is 1. The number of rotatable bonds is 5. The molecule has 1 aliphatic heterocycles. The smallest absolute Gasteiger partial charge is 0.409 e. The summed E-state index contributed by atoms with van der Waals surface area (Å²) in [5.74, 6) is 0.855. The number of hydrogen-bond donors (Lipinski definition) is 2. The fraction of sp³-hybridized carbons (Fsp3) is 0.600. The van der Waals surface area contributed by atoms with Crippen molar-refractivity contribution in [2.45, 2.75) is 46.1 Å². The van der Waals surface area contributed by atoms with Gasteiger partial charge < -0.3 is 20.3 Å². The summed E-state index contributed by atoms with van der Waals surface area (Å²) in [5.41, 5.74) is 3.92. The normalized spacial score (nSPS) is 15.1. The second kappa shape index (κ2) is 12.0. The number of benzene rings is 1. The number of hydrogen-bond acceptors (Lipinski definition) is 3. The van der Waals surface area contributed by atoms with Crippen LogP contribution in [-0.4, -0.2) is 56.3 Å². The molecule has 2 rings (SSSR count). The number of methoxy groups -OCH3 is 1. The van der Waals surface area contributed by atoms with E-state index >= 15 is 0 Å². The zero-order chi connectivity index (χ0) is 18.9. The summed E-state index contributed by atoms with van der Waals surface area (Å²) >= 11 is 0. The van der Waals surface area contributed by atoms with E-state index in [-0.39, 0.29) is 30.1 Å². The van der Waals surface area contributed by atoms with E-state index in [1.165, 1.54) is 23.8 Å². The third-order valence-electron chi connectivity index (χ3n) is 4.56. The third-order valence-corrected chi connectivity index (χ3v) is 4.56. The van der Waals surface area contributed by atoms with E-state index in [0.717, 1.165) is 38.3 Å². The van der Waals surface area contributed by atoms with Crippen LogP contribution in [0.25, 0.3) is 0 Å². The minimum atomic E-state index is -0.238. The van der Waals surface area contributed by atoms with E-state index in [4.69, 9.17) is 9.73 Å². The second-order valence-corrected chi connectivity index (χ2v) is 6.88. The molecule has 1 aromatic carbocycles. The number of nitrogens with one attached hydrogen (secondary N) is 2. The summed E-state index contributed by atoms with van der Waals surface area (Å²) in [7, 11) is 1.43. The van der Waals surface area contributed by atoms with Gasteiger partial charge in [0.1, 0.15) is 0 Å². The fourth-order valence-electron chi connectivity index (χ4n) is 3.36. The van der Waals surface area contributed by atoms with Crippen molar-refractivity contribution in [2.75, 3.05) is 33.3 Å². The van der Waals surface area contributed by atoms with Gasteiger partial charge in [0.25, 0.3) is 0 Å². The van der Waals surface area contributed by atoms with E-state index in [1.54, 1.807) is 4.90 Å². The summed E-state index contributed by atoms with van der Waals surface area (Å²) < 4.78 is 4.79. The molecule has 0 aromatic heterocycles. The van der Waals surface area contributed by atoms with Gasteiger partial charge in [-0.3, -0.25) is 4.99 Å². The van der Waals surface area contributed by atoms with Gasteiger partial charge >= 0.3 is 6.09 Å². The van der Waals surface area contributed by atoms with Gasteiger partial charge in [-0.1, -0.05) is 29.3 Å². The first-order valence-corrected chi connectivity index (χ1v) is 9.46. The topological polar surface area (TPSA) is 66.0 Å². The Balaban J connectivity index is 0.00000364. The van der Waals surface area contributed by atoms with Gasteiger partial charge in [-0.2, -0.15) is 0 Å². The molecule has 2 N–H and O–H groups in total. The first-order valence-electron chi connectivity index (χ1n) is 9.46. The summed E-state index contributed by atoms with van der Waals surface area (Å²) in [4.78, 5) is 18.0. The average molecular weight is 488 g/mol. The SMILES string of the molecule is CCNC(=NCCc1cc(C)cc(C)c1)NC1CCN(C(=O)OC)CC1.I. The molecule has 0 radical (unpaired) electrons. The number of aliphatic imine (C=N–C) groups is 1. The summed E-state index contributed by atoms with van der Waals surface area (Å²) in [5, 5.41) is 6.82. The standard InChI is InChI=1S/C20H32N4O2.HI/c1-5-21-19(22-9-6-17-13-15(2)12-16(3)14-17)23-18-7-10-24(11-8-18)20(25)26-4;/h12-14,18H,5-11H2,1-4H3,(H2,21,22,23);1H. The molecule has 6 nitrogen and oxygen atoms in total. The molecule has 1 aliphatic rings. The number of guanidine groups is 1. The number of amides is 1. The summed E-state index contributed by atoms with van der Waals surface area (Å²) in [6, 6.07) is 6.98. The molecule has 0 saturated carbocycles. The van der Waals surface area contributed by atoms with Gasteiger partial charge in [-0.25, -0.2) is 4.79 Å². The average Bonchev–Trinajstić information content (AvgIpc) is 2.61. The number of halogens is 1. The highest BCUT2D eigenvalue weighted by Gasteiger charge is 2.23. The van der Waals surface area contributed by atoms with Crippen molar-refractivity contribution in [3.05, 3.63) is 34.9 Å². The van der Waals surface area contributed by atoms with E-state index in [0.29, 0.717) is 19.1 Å². The zero-order valence-electron chi connectivity index (χ0n) is 16.9. The highest BCUT2D eigenvalue weighted by molar-refractivity contribution is 14.0. The first kappa shape index (κ1) is 23.5. The van der Waals surface area contributed by atoms with Crippen molar-refractivity contribution in [1.29, 1.82) is 0 Å². The lowest BCUT2D eigenvalue weighted by Gasteiger charge is -2.32. The van der Waals surface area contributed by atoms with E-state index in [9.17, 15) is 4.79 Å². The molecule has 1 saturated heterocycles. The number of piperidine rings is 1. The lowest BCUT2D eigenvalue weighted by atomic mass is 10.1. The van der Waals surface area contributed by atoms with Gasteiger partial charge in [0.2, 0.25) is 0 Å². The molecule has 1 fully saturated rings. The maximum atomic E-state index is 11.6. The lowest BCUT2D eigenvalue weighted by molar-refractivity contribution is 0.111. The minimum Gasteiger partial charge on any atom is -0.453 e. The van der Waals surface area contributed by atoms with Gasteiger partial charge in [0, 0.05) is 32.2 Å². The Morgan fingerprint density at radius 1 is 1.22 bits per heavy atom.